The van der Waals surface area contributed by atoms with Gasteiger partial charge in [-0.25, -0.2) is 0 Å². The molecule has 0 heterocycles. The first-order valence-corrected chi connectivity index (χ1v) is 39.6. The predicted octanol–water partition coefficient (Wildman–Crippen LogP) is 27.6. The molecule has 502 valence electrons. The normalized spacial score (nSPS) is 12.0. The number of rotatable bonds is 76. The molecule has 0 aromatic heterocycles. The average Bonchev–Trinajstić information content (AvgIpc) is 3.51. The van der Waals surface area contributed by atoms with Gasteiger partial charge in [0.25, 0.3) is 0 Å². The second-order valence-electron chi connectivity index (χ2n) is 27.5. The van der Waals surface area contributed by atoms with Crippen LogP contribution >= 0.6 is 0 Å². The minimum absolute atomic E-state index is 0.0551. The minimum Gasteiger partial charge on any atom is -0.462 e. The Labute approximate surface area is 529 Å². The fourth-order valence-corrected chi connectivity index (χ4v) is 13.0. The van der Waals surface area contributed by atoms with Crippen molar-refractivity contribution < 1.29 is 24.2 Å². The van der Waals surface area contributed by atoms with Crippen LogP contribution in [0.15, 0.2) is 0 Å². The molecule has 84 heavy (non-hydrogen) atoms. The Kier molecular flexibility index (Phi) is 75.2. The van der Waals surface area contributed by atoms with E-state index in [0.717, 1.165) is 32.1 Å². The number of hydrogen-bond donors (Lipinski definition) is 1. The molecular weight excluding hydrogens is 1030 g/mol. The van der Waals surface area contributed by atoms with E-state index >= 15 is 0 Å². The zero-order chi connectivity index (χ0) is 60.5. The summed E-state index contributed by atoms with van der Waals surface area (Å²) in [6.07, 6.45) is 97.8. The van der Waals surface area contributed by atoms with Crippen LogP contribution in [0.1, 0.15) is 476 Å². The molecule has 0 aliphatic carbocycles. The van der Waals surface area contributed by atoms with Gasteiger partial charge in [-0.05, 0) is 12.8 Å². The van der Waals surface area contributed by atoms with Gasteiger partial charge < -0.3 is 14.6 Å². The standard InChI is InChI=1S/C79H156O5/c1-3-5-7-9-11-13-15-17-19-21-23-25-27-29-31-33-35-37-38-39-40-41-42-44-46-48-50-52-54-56-58-60-62-64-66-68-70-72-74-79(82)84-77(75-80)76-83-78(81)73-71-69-67-65-63-61-59-57-55-53-51-49-47-45-43-36-34-32-30-28-26-24-22-20-18-16-14-12-10-8-6-4-2/h77,80H,3-76H2,1-2H3. The molecule has 0 radical (unpaired) electrons. The van der Waals surface area contributed by atoms with Gasteiger partial charge in [-0.3, -0.25) is 9.59 Å². The van der Waals surface area contributed by atoms with E-state index < -0.39 is 6.10 Å². The Hall–Kier alpha value is -1.10. The van der Waals surface area contributed by atoms with E-state index in [-0.39, 0.29) is 25.2 Å². The van der Waals surface area contributed by atoms with Crippen LogP contribution < -0.4 is 0 Å². The van der Waals surface area contributed by atoms with Gasteiger partial charge in [-0.1, -0.05) is 450 Å². The molecule has 0 saturated carbocycles. The molecule has 0 spiro atoms. The monoisotopic (exact) mass is 1190 g/mol. The summed E-state index contributed by atoms with van der Waals surface area (Å²) >= 11 is 0. The molecule has 1 unspecified atom stereocenters. The number of esters is 2. The van der Waals surface area contributed by atoms with Crippen LogP contribution in [0.3, 0.4) is 0 Å². The fourth-order valence-electron chi connectivity index (χ4n) is 13.0. The minimum atomic E-state index is -0.766. The van der Waals surface area contributed by atoms with E-state index in [4.69, 9.17) is 9.47 Å². The molecule has 5 heteroatoms. The lowest BCUT2D eigenvalue weighted by atomic mass is 10.0. The highest BCUT2D eigenvalue weighted by Gasteiger charge is 2.16. The van der Waals surface area contributed by atoms with Crippen LogP contribution in [0.4, 0.5) is 0 Å². The molecule has 0 saturated heterocycles. The van der Waals surface area contributed by atoms with E-state index in [1.165, 1.54) is 417 Å². The Balaban J connectivity index is 3.33. The summed E-state index contributed by atoms with van der Waals surface area (Å²) in [4.78, 5) is 24.7. The maximum Gasteiger partial charge on any atom is 0.306 e. The van der Waals surface area contributed by atoms with Crippen LogP contribution in [0.2, 0.25) is 0 Å². The molecule has 0 fully saturated rings. The molecule has 0 amide bonds. The number of carbonyl (C=O) groups excluding carboxylic acids is 2. The van der Waals surface area contributed by atoms with Crippen molar-refractivity contribution in [1.29, 1.82) is 0 Å². The number of unbranched alkanes of at least 4 members (excludes halogenated alkanes) is 68. The van der Waals surface area contributed by atoms with Gasteiger partial charge in [0.2, 0.25) is 0 Å². The summed E-state index contributed by atoms with van der Waals surface area (Å²) in [7, 11) is 0. The van der Waals surface area contributed by atoms with Gasteiger partial charge in [-0.2, -0.15) is 0 Å². The Morgan fingerprint density at radius 3 is 0.524 bits per heavy atom. The van der Waals surface area contributed by atoms with Gasteiger partial charge >= 0.3 is 11.9 Å². The summed E-state index contributed by atoms with van der Waals surface area (Å²) in [5.74, 6) is -0.556. The third-order valence-corrected chi connectivity index (χ3v) is 18.9. The van der Waals surface area contributed by atoms with E-state index in [0.29, 0.717) is 12.8 Å². The van der Waals surface area contributed by atoms with E-state index in [9.17, 15) is 14.7 Å². The lowest BCUT2D eigenvalue weighted by Gasteiger charge is -2.15. The van der Waals surface area contributed by atoms with Crippen LogP contribution in [-0.2, 0) is 19.1 Å². The summed E-state index contributed by atoms with van der Waals surface area (Å²) in [6, 6.07) is 0. The zero-order valence-corrected chi connectivity index (χ0v) is 58.0. The molecule has 0 aliphatic heterocycles. The zero-order valence-electron chi connectivity index (χ0n) is 58.0. The quantitative estimate of drug-likeness (QED) is 0.0485. The third-order valence-electron chi connectivity index (χ3n) is 18.9. The van der Waals surface area contributed by atoms with Crippen LogP contribution in [0.25, 0.3) is 0 Å². The van der Waals surface area contributed by atoms with E-state index in [1.807, 2.05) is 0 Å². The first kappa shape index (κ1) is 82.9. The SMILES string of the molecule is CCCCCCCCCCCCCCCCCCCCCCCCCCCCCCCCCCCCCCCCC(=O)OC(CO)COC(=O)CCCCCCCCCCCCCCCCCCCCCCCCCCCCCCCCCC. The van der Waals surface area contributed by atoms with Gasteiger partial charge in [0.15, 0.2) is 6.10 Å². The van der Waals surface area contributed by atoms with Crippen molar-refractivity contribution in [2.75, 3.05) is 13.2 Å². The third kappa shape index (κ3) is 73.4. The van der Waals surface area contributed by atoms with Gasteiger partial charge in [-0.15, -0.1) is 0 Å². The van der Waals surface area contributed by atoms with Crippen molar-refractivity contribution in [2.45, 2.75) is 482 Å². The molecule has 1 atom stereocenters. The van der Waals surface area contributed by atoms with Crippen molar-refractivity contribution in [2.24, 2.45) is 0 Å². The largest absolute Gasteiger partial charge is 0.462 e. The van der Waals surface area contributed by atoms with Crippen molar-refractivity contribution in [3.05, 3.63) is 0 Å². The molecule has 0 aromatic carbocycles. The average molecular weight is 1190 g/mol. The maximum absolute atomic E-state index is 12.4. The Bertz CT molecular complexity index is 1200. The molecule has 1 N–H and O–H groups in total. The highest BCUT2D eigenvalue weighted by atomic mass is 16.6. The Morgan fingerprint density at radius 1 is 0.226 bits per heavy atom. The maximum atomic E-state index is 12.4. The number of aliphatic hydroxyl groups excluding tert-OH is 1. The van der Waals surface area contributed by atoms with Crippen molar-refractivity contribution in [3.8, 4) is 0 Å². The first-order valence-electron chi connectivity index (χ1n) is 39.6. The Morgan fingerprint density at radius 2 is 0.369 bits per heavy atom. The van der Waals surface area contributed by atoms with Crippen molar-refractivity contribution >= 4 is 11.9 Å². The number of aliphatic hydroxyl groups is 1. The lowest BCUT2D eigenvalue weighted by molar-refractivity contribution is -0.161. The predicted molar refractivity (Wildman–Crippen MR) is 372 cm³/mol. The van der Waals surface area contributed by atoms with E-state index in [1.54, 1.807) is 0 Å². The highest BCUT2D eigenvalue weighted by Crippen LogP contribution is 2.21. The number of hydrogen-bond acceptors (Lipinski definition) is 5. The molecule has 5 nitrogen and oxygen atoms in total. The summed E-state index contributed by atoms with van der Waals surface area (Å²) < 4.78 is 10.8. The second-order valence-corrected chi connectivity index (χ2v) is 27.5. The van der Waals surface area contributed by atoms with Crippen LogP contribution in [-0.4, -0.2) is 36.4 Å². The van der Waals surface area contributed by atoms with Gasteiger partial charge in [0, 0.05) is 12.8 Å². The van der Waals surface area contributed by atoms with Crippen LogP contribution in [0.5, 0.6) is 0 Å². The van der Waals surface area contributed by atoms with Crippen LogP contribution in [0, 0.1) is 0 Å². The second kappa shape index (κ2) is 76.1. The molecule has 0 aromatic rings. The topological polar surface area (TPSA) is 72.8 Å². The summed E-state index contributed by atoms with van der Waals surface area (Å²) in [5.41, 5.74) is 0. The number of ether oxygens (including phenoxy) is 2. The van der Waals surface area contributed by atoms with Crippen molar-refractivity contribution in [3.63, 3.8) is 0 Å². The molecule has 0 bridgehead atoms. The smallest absolute Gasteiger partial charge is 0.306 e. The first-order chi connectivity index (χ1) is 41.6. The summed E-state index contributed by atoms with van der Waals surface area (Å²) in [5, 5.41) is 9.72. The summed E-state index contributed by atoms with van der Waals surface area (Å²) in [6.45, 7) is 4.24. The van der Waals surface area contributed by atoms with Gasteiger partial charge in [0.1, 0.15) is 6.61 Å². The highest BCUT2D eigenvalue weighted by molar-refractivity contribution is 5.70. The molecule has 0 rings (SSSR count). The molecule has 0 aliphatic rings. The molecular formula is C79H156O5. The number of carbonyl (C=O) groups is 2. The fraction of sp³-hybridized carbons (Fsp3) is 0.975. The van der Waals surface area contributed by atoms with E-state index in [2.05, 4.69) is 13.8 Å². The van der Waals surface area contributed by atoms with Gasteiger partial charge in [0.05, 0.1) is 6.61 Å². The lowest BCUT2D eigenvalue weighted by Crippen LogP contribution is -2.28. The van der Waals surface area contributed by atoms with Crippen molar-refractivity contribution in [1.82, 2.24) is 0 Å².